The molecular weight excluding hydrogens is 228 g/mol. The van der Waals surface area contributed by atoms with Crippen LogP contribution in [0.1, 0.15) is 15.9 Å². The van der Waals surface area contributed by atoms with Gasteiger partial charge in [-0.3, -0.25) is 0 Å². The molecule has 1 heterocycles. The van der Waals surface area contributed by atoms with Crippen LogP contribution in [-0.2, 0) is 6.42 Å². The molecule has 0 aliphatic carbocycles. The predicted molar refractivity (Wildman–Crippen MR) is 68.0 cm³/mol. The Morgan fingerprint density at radius 1 is 1.11 bits per heavy atom. The zero-order chi connectivity index (χ0) is 12.5. The molecule has 0 saturated heterocycles. The van der Waals surface area contributed by atoms with E-state index in [0.29, 0.717) is 5.56 Å². The van der Waals surface area contributed by atoms with E-state index in [1.54, 1.807) is 12.1 Å². The van der Waals surface area contributed by atoms with Crippen LogP contribution in [0.25, 0.3) is 11.1 Å². The molecule has 1 aliphatic heterocycles. The summed E-state index contributed by atoms with van der Waals surface area (Å²) in [5.74, 6) is 0.0247. The highest BCUT2D eigenvalue weighted by molar-refractivity contribution is 5.88. The van der Waals surface area contributed by atoms with E-state index in [2.05, 4.69) is 6.07 Å². The minimum atomic E-state index is -0.906. The maximum atomic E-state index is 10.8. The number of benzene rings is 2. The lowest BCUT2D eigenvalue weighted by atomic mass is 10.0. The first kappa shape index (κ1) is 10.8. The lowest BCUT2D eigenvalue weighted by Gasteiger charge is -2.08. The third kappa shape index (κ3) is 1.74. The predicted octanol–water partition coefficient (Wildman–Crippen LogP) is 2.99. The lowest BCUT2D eigenvalue weighted by Crippen LogP contribution is -1.95. The molecule has 0 aromatic heterocycles. The molecule has 0 amide bonds. The Bertz CT molecular complexity index is 600. The highest BCUT2D eigenvalue weighted by Crippen LogP contribution is 2.36. The van der Waals surface area contributed by atoms with E-state index in [0.717, 1.165) is 29.9 Å². The van der Waals surface area contributed by atoms with Crippen molar-refractivity contribution >= 4 is 5.97 Å². The largest absolute Gasteiger partial charge is 0.492 e. The Hall–Kier alpha value is -2.29. The zero-order valence-corrected chi connectivity index (χ0v) is 9.72. The fourth-order valence-electron chi connectivity index (χ4n) is 2.23. The van der Waals surface area contributed by atoms with Crippen molar-refractivity contribution in [2.75, 3.05) is 6.61 Å². The van der Waals surface area contributed by atoms with Crippen LogP contribution < -0.4 is 4.74 Å². The van der Waals surface area contributed by atoms with Crippen LogP contribution in [0.4, 0.5) is 0 Å². The van der Waals surface area contributed by atoms with Gasteiger partial charge in [-0.25, -0.2) is 4.79 Å². The van der Waals surface area contributed by atoms with Crippen molar-refractivity contribution in [3.05, 3.63) is 53.6 Å². The van der Waals surface area contributed by atoms with E-state index in [1.807, 2.05) is 24.3 Å². The molecule has 0 spiro atoms. The number of hydrogen-bond acceptors (Lipinski definition) is 2. The standard InChI is InChI=1S/C15H12O3/c16-15(17)12-6-4-10(5-7-12)13-3-1-2-11-8-9-18-14(11)13/h1-7H,8-9H2,(H,16,17). The van der Waals surface area contributed by atoms with Gasteiger partial charge in [-0.2, -0.15) is 0 Å². The summed E-state index contributed by atoms with van der Waals surface area (Å²) in [5, 5.41) is 8.88. The first-order chi connectivity index (χ1) is 8.75. The fourth-order valence-corrected chi connectivity index (χ4v) is 2.23. The number of aromatic carboxylic acids is 1. The summed E-state index contributed by atoms with van der Waals surface area (Å²) in [4.78, 5) is 10.8. The van der Waals surface area contributed by atoms with Gasteiger partial charge in [-0.15, -0.1) is 0 Å². The molecule has 90 valence electrons. The Labute approximate surface area is 105 Å². The van der Waals surface area contributed by atoms with Crippen molar-refractivity contribution in [1.82, 2.24) is 0 Å². The molecule has 0 saturated carbocycles. The number of rotatable bonds is 2. The van der Waals surface area contributed by atoms with Crippen LogP contribution in [0.3, 0.4) is 0 Å². The Morgan fingerprint density at radius 2 is 1.89 bits per heavy atom. The van der Waals surface area contributed by atoms with Crippen LogP contribution in [0.2, 0.25) is 0 Å². The molecule has 0 unspecified atom stereocenters. The molecule has 0 atom stereocenters. The van der Waals surface area contributed by atoms with Crippen molar-refractivity contribution in [2.45, 2.75) is 6.42 Å². The normalized spacial score (nSPS) is 12.9. The van der Waals surface area contributed by atoms with Gasteiger partial charge in [0.05, 0.1) is 12.2 Å². The topological polar surface area (TPSA) is 46.5 Å². The van der Waals surface area contributed by atoms with Crippen molar-refractivity contribution in [3.8, 4) is 16.9 Å². The summed E-state index contributed by atoms with van der Waals surface area (Å²) in [5.41, 5.74) is 3.53. The number of hydrogen-bond donors (Lipinski definition) is 1. The van der Waals surface area contributed by atoms with Crippen molar-refractivity contribution in [2.24, 2.45) is 0 Å². The van der Waals surface area contributed by atoms with E-state index in [9.17, 15) is 4.79 Å². The lowest BCUT2D eigenvalue weighted by molar-refractivity contribution is 0.0697. The SMILES string of the molecule is O=C(O)c1ccc(-c2cccc3c2OCC3)cc1. The Morgan fingerprint density at radius 3 is 2.61 bits per heavy atom. The van der Waals surface area contributed by atoms with Crippen molar-refractivity contribution in [3.63, 3.8) is 0 Å². The van der Waals surface area contributed by atoms with Gasteiger partial charge in [0.2, 0.25) is 0 Å². The Balaban J connectivity index is 2.05. The van der Waals surface area contributed by atoms with Crippen LogP contribution in [0, 0.1) is 0 Å². The average Bonchev–Trinajstić information content (AvgIpc) is 2.87. The molecule has 3 rings (SSSR count). The van der Waals surface area contributed by atoms with Crippen LogP contribution in [0.5, 0.6) is 5.75 Å². The second kappa shape index (κ2) is 4.18. The van der Waals surface area contributed by atoms with Gasteiger partial charge < -0.3 is 9.84 Å². The van der Waals surface area contributed by atoms with Gasteiger partial charge in [0.15, 0.2) is 0 Å². The van der Waals surface area contributed by atoms with E-state index < -0.39 is 5.97 Å². The summed E-state index contributed by atoms with van der Waals surface area (Å²) < 4.78 is 5.65. The summed E-state index contributed by atoms with van der Waals surface area (Å²) in [7, 11) is 0. The van der Waals surface area contributed by atoms with Gasteiger partial charge in [0, 0.05) is 12.0 Å². The number of carboxylic acids is 1. The summed E-state index contributed by atoms with van der Waals surface area (Å²) >= 11 is 0. The molecule has 3 nitrogen and oxygen atoms in total. The van der Waals surface area contributed by atoms with E-state index in [4.69, 9.17) is 9.84 Å². The molecule has 0 fully saturated rings. The number of carboxylic acid groups (broad SMARTS) is 1. The maximum Gasteiger partial charge on any atom is 0.335 e. The van der Waals surface area contributed by atoms with E-state index >= 15 is 0 Å². The Kier molecular flexibility index (Phi) is 2.52. The summed E-state index contributed by atoms with van der Waals surface area (Å²) in [6.45, 7) is 0.722. The van der Waals surface area contributed by atoms with Gasteiger partial charge >= 0.3 is 5.97 Å². The van der Waals surface area contributed by atoms with Crippen LogP contribution in [0.15, 0.2) is 42.5 Å². The van der Waals surface area contributed by atoms with Crippen molar-refractivity contribution in [1.29, 1.82) is 0 Å². The molecule has 1 aliphatic rings. The number of para-hydroxylation sites is 1. The fraction of sp³-hybridized carbons (Fsp3) is 0.133. The average molecular weight is 240 g/mol. The highest BCUT2D eigenvalue weighted by atomic mass is 16.5. The second-order valence-corrected chi connectivity index (χ2v) is 4.27. The highest BCUT2D eigenvalue weighted by Gasteiger charge is 2.16. The zero-order valence-electron chi connectivity index (χ0n) is 9.72. The number of fused-ring (bicyclic) bond motifs is 1. The second-order valence-electron chi connectivity index (χ2n) is 4.27. The smallest absolute Gasteiger partial charge is 0.335 e. The minimum Gasteiger partial charge on any atom is -0.492 e. The van der Waals surface area contributed by atoms with Crippen LogP contribution >= 0.6 is 0 Å². The monoisotopic (exact) mass is 240 g/mol. The van der Waals surface area contributed by atoms with Gasteiger partial charge in [0.25, 0.3) is 0 Å². The quantitative estimate of drug-likeness (QED) is 0.877. The molecule has 0 bridgehead atoms. The van der Waals surface area contributed by atoms with Gasteiger partial charge in [-0.1, -0.05) is 30.3 Å². The summed E-state index contributed by atoms with van der Waals surface area (Å²) in [6.07, 6.45) is 0.941. The molecule has 3 heteroatoms. The third-order valence-electron chi connectivity index (χ3n) is 3.16. The van der Waals surface area contributed by atoms with Gasteiger partial charge in [0.1, 0.15) is 5.75 Å². The van der Waals surface area contributed by atoms with Crippen molar-refractivity contribution < 1.29 is 14.6 Å². The van der Waals surface area contributed by atoms with E-state index in [-0.39, 0.29) is 0 Å². The molecule has 0 radical (unpaired) electrons. The number of ether oxygens (including phenoxy) is 1. The molecule has 2 aromatic rings. The molecular formula is C15H12O3. The molecule has 2 aromatic carbocycles. The summed E-state index contributed by atoms with van der Waals surface area (Å²) in [6, 6.07) is 12.9. The molecule has 1 N–H and O–H groups in total. The third-order valence-corrected chi connectivity index (χ3v) is 3.16. The first-order valence-electron chi connectivity index (χ1n) is 5.84. The minimum absolute atomic E-state index is 0.298. The first-order valence-corrected chi connectivity index (χ1v) is 5.84. The number of carbonyl (C=O) groups is 1. The van der Waals surface area contributed by atoms with E-state index in [1.165, 1.54) is 5.56 Å². The van der Waals surface area contributed by atoms with Crippen LogP contribution in [-0.4, -0.2) is 17.7 Å². The maximum absolute atomic E-state index is 10.8. The van der Waals surface area contributed by atoms with Gasteiger partial charge in [-0.05, 0) is 23.3 Å². The molecule has 18 heavy (non-hydrogen) atoms.